The van der Waals surface area contributed by atoms with Crippen molar-refractivity contribution in [3.05, 3.63) is 59.9 Å². The molecule has 0 aromatic heterocycles. The normalized spacial score (nSPS) is 14.6. The zero-order valence-electron chi connectivity index (χ0n) is 11.5. The minimum absolute atomic E-state index is 0.190. The van der Waals surface area contributed by atoms with Crippen molar-refractivity contribution in [2.45, 2.75) is 19.4 Å². The predicted octanol–water partition coefficient (Wildman–Crippen LogP) is 4.04. The summed E-state index contributed by atoms with van der Waals surface area (Å²) in [6.07, 6.45) is 2.57. The first-order valence-corrected chi connectivity index (χ1v) is 7.14. The molecule has 20 heavy (non-hydrogen) atoms. The number of hydrogen-bond acceptors (Lipinski definition) is 2. The van der Waals surface area contributed by atoms with Crippen LogP contribution in [0.2, 0.25) is 0 Å². The molecule has 0 saturated carbocycles. The van der Waals surface area contributed by atoms with E-state index in [0.717, 1.165) is 24.3 Å². The third-order valence-electron chi connectivity index (χ3n) is 3.73. The van der Waals surface area contributed by atoms with Gasteiger partial charge >= 0.3 is 0 Å². The summed E-state index contributed by atoms with van der Waals surface area (Å²) < 4.78 is 12.8. The number of halogens is 1. The maximum absolute atomic E-state index is 12.8. The molecular formula is C17H19FN2. The Hall–Kier alpha value is -2.03. The van der Waals surface area contributed by atoms with Gasteiger partial charge in [0, 0.05) is 31.0 Å². The predicted molar refractivity (Wildman–Crippen MR) is 81.6 cm³/mol. The van der Waals surface area contributed by atoms with E-state index in [1.54, 1.807) is 0 Å². The minimum atomic E-state index is -0.190. The van der Waals surface area contributed by atoms with E-state index in [4.69, 9.17) is 0 Å². The molecular weight excluding hydrogens is 251 g/mol. The molecule has 3 rings (SSSR count). The molecule has 0 amide bonds. The third kappa shape index (κ3) is 3.10. The van der Waals surface area contributed by atoms with Gasteiger partial charge in [-0.25, -0.2) is 4.39 Å². The van der Waals surface area contributed by atoms with Crippen molar-refractivity contribution in [1.29, 1.82) is 0 Å². The molecule has 1 aliphatic heterocycles. The van der Waals surface area contributed by atoms with Crippen LogP contribution in [-0.2, 0) is 6.54 Å². The lowest BCUT2D eigenvalue weighted by Crippen LogP contribution is -2.17. The second-order valence-electron chi connectivity index (χ2n) is 5.22. The number of hydrogen-bond donors (Lipinski definition) is 1. The Morgan fingerprint density at radius 1 is 1.00 bits per heavy atom. The summed E-state index contributed by atoms with van der Waals surface area (Å²) in [7, 11) is 0. The van der Waals surface area contributed by atoms with E-state index in [0.29, 0.717) is 6.54 Å². The number of nitrogens with one attached hydrogen (secondary N) is 1. The summed E-state index contributed by atoms with van der Waals surface area (Å²) in [6, 6.07) is 15.1. The molecule has 1 fully saturated rings. The van der Waals surface area contributed by atoms with E-state index in [2.05, 4.69) is 34.5 Å². The van der Waals surface area contributed by atoms with Crippen molar-refractivity contribution >= 4 is 11.4 Å². The first-order valence-electron chi connectivity index (χ1n) is 7.14. The molecule has 1 N–H and O–H groups in total. The van der Waals surface area contributed by atoms with Gasteiger partial charge in [-0.3, -0.25) is 0 Å². The van der Waals surface area contributed by atoms with Crippen molar-refractivity contribution in [3.63, 3.8) is 0 Å². The topological polar surface area (TPSA) is 15.3 Å². The average molecular weight is 270 g/mol. The summed E-state index contributed by atoms with van der Waals surface area (Å²) in [5.74, 6) is -0.190. The fraction of sp³-hybridized carbons (Fsp3) is 0.294. The molecule has 2 aromatic rings. The SMILES string of the molecule is Fc1ccc(CNc2cccc(N3CCCC3)c2)cc1. The van der Waals surface area contributed by atoms with Crippen molar-refractivity contribution in [1.82, 2.24) is 0 Å². The van der Waals surface area contributed by atoms with Crippen LogP contribution < -0.4 is 10.2 Å². The fourth-order valence-corrected chi connectivity index (χ4v) is 2.59. The zero-order chi connectivity index (χ0) is 13.8. The number of anilines is 2. The smallest absolute Gasteiger partial charge is 0.123 e. The Bertz CT molecular complexity index is 559. The molecule has 0 radical (unpaired) electrons. The number of benzene rings is 2. The lowest BCUT2D eigenvalue weighted by atomic mass is 10.2. The maximum Gasteiger partial charge on any atom is 0.123 e. The number of nitrogens with zero attached hydrogens (tertiary/aromatic N) is 1. The Balaban J connectivity index is 1.65. The van der Waals surface area contributed by atoms with Crippen LogP contribution in [0.1, 0.15) is 18.4 Å². The summed E-state index contributed by atoms with van der Waals surface area (Å²) in [5, 5.41) is 3.40. The molecule has 1 aliphatic rings. The summed E-state index contributed by atoms with van der Waals surface area (Å²) in [5.41, 5.74) is 3.48. The summed E-state index contributed by atoms with van der Waals surface area (Å²) in [6.45, 7) is 3.02. The van der Waals surface area contributed by atoms with Gasteiger partial charge in [0.05, 0.1) is 0 Å². The van der Waals surface area contributed by atoms with Crippen molar-refractivity contribution in [2.75, 3.05) is 23.3 Å². The van der Waals surface area contributed by atoms with Crippen LogP contribution in [0, 0.1) is 5.82 Å². The molecule has 2 nitrogen and oxygen atoms in total. The third-order valence-corrected chi connectivity index (χ3v) is 3.73. The van der Waals surface area contributed by atoms with Crippen LogP contribution >= 0.6 is 0 Å². The largest absolute Gasteiger partial charge is 0.381 e. The molecule has 0 unspecified atom stereocenters. The van der Waals surface area contributed by atoms with E-state index in [9.17, 15) is 4.39 Å². The van der Waals surface area contributed by atoms with Crippen LogP contribution in [0.3, 0.4) is 0 Å². The van der Waals surface area contributed by atoms with E-state index in [-0.39, 0.29) is 5.82 Å². The zero-order valence-corrected chi connectivity index (χ0v) is 11.5. The van der Waals surface area contributed by atoms with Gasteiger partial charge in [0.2, 0.25) is 0 Å². The van der Waals surface area contributed by atoms with E-state index in [1.165, 1.54) is 30.7 Å². The van der Waals surface area contributed by atoms with Gasteiger partial charge in [0.1, 0.15) is 5.82 Å². The molecule has 2 aromatic carbocycles. The Morgan fingerprint density at radius 2 is 1.75 bits per heavy atom. The van der Waals surface area contributed by atoms with Crippen LogP contribution in [-0.4, -0.2) is 13.1 Å². The van der Waals surface area contributed by atoms with E-state index >= 15 is 0 Å². The molecule has 3 heteroatoms. The van der Waals surface area contributed by atoms with Crippen LogP contribution in [0.25, 0.3) is 0 Å². The van der Waals surface area contributed by atoms with Gasteiger partial charge < -0.3 is 10.2 Å². The van der Waals surface area contributed by atoms with Gasteiger partial charge in [0.25, 0.3) is 0 Å². The lowest BCUT2D eigenvalue weighted by Gasteiger charge is -2.18. The fourth-order valence-electron chi connectivity index (χ4n) is 2.59. The van der Waals surface area contributed by atoms with Crippen LogP contribution in [0.4, 0.5) is 15.8 Å². The first-order chi connectivity index (χ1) is 9.81. The highest BCUT2D eigenvalue weighted by Gasteiger charge is 2.12. The van der Waals surface area contributed by atoms with Crippen molar-refractivity contribution < 1.29 is 4.39 Å². The van der Waals surface area contributed by atoms with Crippen molar-refractivity contribution in [2.24, 2.45) is 0 Å². The van der Waals surface area contributed by atoms with Gasteiger partial charge in [-0.15, -0.1) is 0 Å². The monoisotopic (exact) mass is 270 g/mol. The van der Waals surface area contributed by atoms with E-state index < -0.39 is 0 Å². The molecule has 0 spiro atoms. The van der Waals surface area contributed by atoms with Crippen LogP contribution in [0.5, 0.6) is 0 Å². The molecule has 0 bridgehead atoms. The van der Waals surface area contributed by atoms with Gasteiger partial charge in [0.15, 0.2) is 0 Å². The van der Waals surface area contributed by atoms with Gasteiger partial charge in [-0.2, -0.15) is 0 Å². The molecule has 104 valence electrons. The second kappa shape index (κ2) is 5.95. The highest BCUT2D eigenvalue weighted by atomic mass is 19.1. The van der Waals surface area contributed by atoms with Gasteiger partial charge in [-0.05, 0) is 48.7 Å². The summed E-state index contributed by atoms with van der Waals surface area (Å²) >= 11 is 0. The van der Waals surface area contributed by atoms with Gasteiger partial charge in [-0.1, -0.05) is 18.2 Å². The average Bonchev–Trinajstić information content (AvgIpc) is 3.01. The highest BCUT2D eigenvalue weighted by Crippen LogP contribution is 2.23. The molecule has 0 aliphatic carbocycles. The quantitative estimate of drug-likeness (QED) is 0.902. The van der Waals surface area contributed by atoms with Crippen LogP contribution in [0.15, 0.2) is 48.5 Å². The lowest BCUT2D eigenvalue weighted by molar-refractivity contribution is 0.627. The molecule has 1 heterocycles. The minimum Gasteiger partial charge on any atom is -0.381 e. The maximum atomic E-state index is 12.8. The Morgan fingerprint density at radius 3 is 2.50 bits per heavy atom. The summed E-state index contributed by atoms with van der Waals surface area (Å²) in [4.78, 5) is 2.42. The first kappa shape index (κ1) is 13.0. The molecule has 0 atom stereocenters. The Labute approximate surface area is 119 Å². The second-order valence-corrected chi connectivity index (χ2v) is 5.22. The highest BCUT2D eigenvalue weighted by molar-refractivity contribution is 5.58. The molecule has 1 saturated heterocycles. The van der Waals surface area contributed by atoms with Crippen molar-refractivity contribution in [3.8, 4) is 0 Å². The van der Waals surface area contributed by atoms with E-state index in [1.807, 2.05) is 12.1 Å². The Kier molecular flexibility index (Phi) is 3.86. The standard InChI is InChI=1S/C17H19FN2/c18-15-8-6-14(7-9-15)13-19-16-4-3-5-17(12-16)20-10-1-2-11-20/h3-9,12,19H,1-2,10-11,13H2. The number of rotatable bonds is 4.